The Kier molecular flexibility index (Phi) is 3.62. The predicted molar refractivity (Wildman–Crippen MR) is 93.7 cm³/mol. The number of nitrogens with zero attached hydrogens (tertiary/aromatic N) is 1. The molecule has 2 aromatic carbocycles. The fraction of sp³-hybridized carbons (Fsp3) is 0.143. The highest BCUT2D eigenvalue weighted by atomic mass is 16.5. The molecule has 0 spiro atoms. The van der Waals surface area contributed by atoms with Gasteiger partial charge in [-0.1, -0.05) is 42.5 Å². The predicted octanol–water partition coefficient (Wildman–Crippen LogP) is 3.31. The van der Waals surface area contributed by atoms with Crippen LogP contribution in [0.15, 0.2) is 72.9 Å². The molecule has 3 aromatic rings. The Morgan fingerprint density at radius 1 is 1.00 bits per heavy atom. The van der Waals surface area contributed by atoms with Crippen LogP contribution in [0.2, 0.25) is 0 Å². The molecule has 0 amide bonds. The molecule has 0 fully saturated rings. The molecule has 0 saturated carbocycles. The first-order valence-corrected chi connectivity index (χ1v) is 8.08. The van der Waals surface area contributed by atoms with Gasteiger partial charge in [0.05, 0.1) is 12.8 Å². The summed E-state index contributed by atoms with van der Waals surface area (Å²) in [4.78, 5) is 17.4. The average molecular weight is 331 g/mol. The lowest BCUT2D eigenvalue weighted by atomic mass is 9.79. The van der Waals surface area contributed by atoms with Crippen molar-refractivity contribution < 1.29 is 14.6 Å². The lowest BCUT2D eigenvalue weighted by Crippen LogP contribution is -2.33. The maximum absolute atomic E-state index is 13.1. The SMILES string of the molecule is COc1ccc([C@@]2(O)c3ccccc3C(=O)[C@H]2c2ccccn2)cc1. The minimum Gasteiger partial charge on any atom is -0.497 e. The Hall–Kier alpha value is -2.98. The summed E-state index contributed by atoms with van der Waals surface area (Å²) in [5.41, 5.74) is 0.885. The average Bonchev–Trinajstić information content (AvgIpc) is 2.91. The molecule has 4 rings (SSSR count). The first-order valence-electron chi connectivity index (χ1n) is 8.08. The Morgan fingerprint density at radius 3 is 2.40 bits per heavy atom. The molecule has 25 heavy (non-hydrogen) atoms. The molecule has 0 aliphatic heterocycles. The molecule has 2 atom stereocenters. The molecule has 1 aromatic heterocycles. The van der Waals surface area contributed by atoms with Gasteiger partial charge in [0.2, 0.25) is 0 Å². The highest BCUT2D eigenvalue weighted by molar-refractivity contribution is 6.07. The summed E-state index contributed by atoms with van der Waals surface area (Å²) in [5.74, 6) is -0.202. The molecule has 0 radical (unpaired) electrons. The van der Waals surface area contributed by atoms with Crippen molar-refractivity contribution in [2.45, 2.75) is 11.5 Å². The number of benzene rings is 2. The summed E-state index contributed by atoms with van der Waals surface area (Å²) in [6.07, 6.45) is 1.64. The summed E-state index contributed by atoms with van der Waals surface area (Å²) >= 11 is 0. The number of hydrogen-bond acceptors (Lipinski definition) is 4. The van der Waals surface area contributed by atoms with E-state index in [9.17, 15) is 9.90 Å². The standard InChI is InChI=1S/C21H17NO3/c1-25-15-11-9-14(10-12-15)21(24)17-7-3-2-6-16(17)20(23)19(21)18-8-4-5-13-22-18/h2-13,19,24H,1H3/t19-,21-/m1/s1. The van der Waals surface area contributed by atoms with Crippen molar-refractivity contribution in [3.63, 3.8) is 0 Å². The van der Waals surface area contributed by atoms with Gasteiger partial charge in [-0.2, -0.15) is 0 Å². The topological polar surface area (TPSA) is 59.4 Å². The van der Waals surface area contributed by atoms with Gasteiger partial charge in [0.25, 0.3) is 0 Å². The second-order valence-electron chi connectivity index (χ2n) is 6.09. The molecule has 1 heterocycles. The molecule has 0 saturated heterocycles. The minimum atomic E-state index is -1.46. The molecule has 4 heteroatoms. The minimum absolute atomic E-state index is 0.118. The maximum Gasteiger partial charge on any atom is 0.175 e. The lowest BCUT2D eigenvalue weighted by Gasteiger charge is -2.30. The number of carbonyl (C=O) groups is 1. The highest BCUT2D eigenvalue weighted by Gasteiger charge is 2.53. The summed E-state index contributed by atoms with van der Waals surface area (Å²) in [6, 6.07) is 19.8. The lowest BCUT2D eigenvalue weighted by molar-refractivity contribution is 0.0523. The van der Waals surface area contributed by atoms with Crippen LogP contribution in [0.1, 0.15) is 33.1 Å². The molecule has 4 nitrogen and oxygen atoms in total. The zero-order valence-electron chi connectivity index (χ0n) is 13.7. The van der Waals surface area contributed by atoms with Crippen LogP contribution < -0.4 is 4.74 Å². The number of pyridine rings is 1. The van der Waals surface area contributed by atoms with E-state index >= 15 is 0 Å². The zero-order valence-corrected chi connectivity index (χ0v) is 13.7. The number of aromatic nitrogens is 1. The van der Waals surface area contributed by atoms with E-state index in [1.165, 1.54) is 0 Å². The van der Waals surface area contributed by atoms with Crippen LogP contribution in [0.5, 0.6) is 5.75 Å². The normalized spacial score (nSPS) is 21.8. The van der Waals surface area contributed by atoms with E-state index in [0.717, 1.165) is 0 Å². The van der Waals surface area contributed by atoms with Crippen LogP contribution >= 0.6 is 0 Å². The number of hydrogen-bond donors (Lipinski definition) is 1. The van der Waals surface area contributed by atoms with E-state index in [-0.39, 0.29) is 5.78 Å². The highest BCUT2D eigenvalue weighted by Crippen LogP contribution is 2.50. The third kappa shape index (κ3) is 2.26. The molecule has 0 bridgehead atoms. The zero-order chi connectivity index (χ0) is 17.4. The second-order valence-corrected chi connectivity index (χ2v) is 6.09. The van der Waals surface area contributed by atoms with Crippen LogP contribution in [-0.2, 0) is 5.60 Å². The first-order chi connectivity index (χ1) is 12.2. The smallest absolute Gasteiger partial charge is 0.175 e. The van der Waals surface area contributed by atoms with Crippen molar-refractivity contribution in [3.05, 3.63) is 95.3 Å². The number of fused-ring (bicyclic) bond motifs is 1. The summed E-state index contributed by atoms with van der Waals surface area (Å²) in [7, 11) is 1.59. The Balaban J connectivity index is 1.95. The number of ketones is 1. The monoisotopic (exact) mass is 331 g/mol. The third-order valence-electron chi connectivity index (χ3n) is 4.80. The van der Waals surface area contributed by atoms with Crippen molar-refractivity contribution in [1.29, 1.82) is 0 Å². The van der Waals surface area contributed by atoms with E-state index in [2.05, 4.69) is 4.98 Å². The summed E-state index contributed by atoms with van der Waals surface area (Å²) in [6.45, 7) is 0. The van der Waals surface area contributed by atoms with Gasteiger partial charge in [0, 0.05) is 11.8 Å². The van der Waals surface area contributed by atoms with Gasteiger partial charge in [0.1, 0.15) is 17.3 Å². The van der Waals surface area contributed by atoms with Crippen LogP contribution in [0.25, 0.3) is 0 Å². The first kappa shape index (κ1) is 15.5. The van der Waals surface area contributed by atoms with Crippen LogP contribution in [0, 0.1) is 0 Å². The van der Waals surface area contributed by atoms with E-state index in [4.69, 9.17) is 4.74 Å². The van der Waals surface area contributed by atoms with Crippen molar-refractivity contribution in [2.24, 2.45) is 0 Å². The summed E-state index contributed by atoms with van der Waals surface area (Å²) in [5, 5.41) is 11.8. The number of carbonyl (C=O) groups excluding carboxylic acids is 1. The van der Waals surface area contributed by atoms with Gasteiger partial charge in [-0.05, 0) is 35.4 Å². The van der Waals surface area contributed by atoms with Gasteiger partial charge in [0.15, 0.2) is 5.78 Å². The largest absolute Gasteiger partial charge is 0.497 e. The fourth-order valence-electron chi connectivity index (χ4n) is 3.59. The van der Waals surface area contributed by atoms with E-state index in [1.54, 1.807) is 61.8 Å². The molecule has 1 aliphatic carbocycles. The maximum atomic E-state index is 13.1. The molecule has 124 valence electrons. The number of ether oxygens (including phenoxy) is 1. The number of rotatable bonds is 3. The quantitative estimate of drug-likeness (QED) is 0.800. The molecule has 1 aliphatic rings. The molecule has 0 unspecified atom stereocenters. The van der Waals surface area contributed by atoms with Gasteiger partial charge in [-0.15, -0.1) is 0 Å². The Labute approximate surface area is 145 Å². The van der Waals surface area contributed by atoms with Crippen LogP contribution in [0.4, 0.5) is 0 Å². The van der Waals surface area contributed by atoms with Crippen LogP contribution in [0.3, 0.4) is 0 Å². The third-order valence-corrected chi connectivity index (χ3v) is 4.80. The van der Waals surface area contributed by atoms with Gasteiger partial charge >= 0.3 is 0 Å². The van der Waals surface area contributed by atoms with Gasteiger partial charge in [-0.3, -0.25) is 9.78 Å². The van der Waals surface area contributed by atoms with Crippen molar-refractivity contribution >= 4 is 5.78 Å². The fourth-order valence-corrected chi connectivity index (χ4v) is 3.59. The van der Waals surface area contributed by atoms with E-state index in [0.29, 0.717) is 28.1 Å². The Bertz CT molecular complexity index is 921. The number of aliphatic hydroxyl groups is 1. The van der Waals surface area contributed by atoms with Gasteiger partial charge < -0.3 is 9.84 Å². The van der Waals surface area contributed by atoms with Gasteiger partial charge in [-0.25, -0.2) is 0 Å². The number of methoxy groups -OCH3 is 1. The second kappa shape index (κ2) is 5.83. The number of Topliss-reactive ketones (excluding diaryl/α,β-unsaturated/α-hetero) is 1. The molecular formula is C21H17NO3. The molecule has 1 N–H and O–H groups in total. The van der Waals surface area contributed by atoms with Crippen molar-refractivity contribution in [3.8, 4) is 5.75 Å². The van der Waals surface area contributed by atoms with E-state index in [1.807, 2.05) is 18.2 Å². The van der Waals surface area contributed by atoms with Crippen molar-refractivity contribution in [1.82, 2.24) is 4.98 Å². The molecular weight excluding hydrogens is 314 g/mol. The van der Waals surface area contributed by atoms with E-state index < -0.39 is 11.5 Å². The summed E-state index contributed by atoms with van der Waals surface area (Å²) < 4.78 is 5.21. The van der Waals surface area contributed by atoms with Crippen molar-refractivity contribution in [2.75, 3.05) is 7.11 Å². The Morgan fingerprint density at radius 2 is 1.72 bits per heavy atom. The van der Waals surface area contributed by atoms with Crippen LogP contribution in [-0.4, -0.2) is 23.0 Å².